The Hall–Kier alpha value is -1.92. The van der Waals surface area contributed by atoms with Crippen molar-refractivity contribution in [1.82, 2.24) is 0 Å². The van der Waals surface area contributed by atoms with Crippen LogP contribution in [0, 0.1) is 0 Å². The van der Waals surface area contributed by atoms with Crippen LogP contribution in [-0.2, 0) is 10.9 Å². The van der Waals surface area contributed by atoms with Crippen LogP contribution in [0.4, 0.5) is 29.3 Å². The van der Waals surface area contributed by atoms with Crippen LogP contribution in [0.25, 0.3) is 0 Å². The highest BCUT2D eigenvalue weighted by Gasteiger charge is 2.35. The first-order valence-corrected chi connectivity index (χ1v) is 7.77. The van der Waals surface area contributed by atoms with Crippen LogP contribution in [0.3, 0.4) is 0 Å². The summed E-state index contributed by atoms with van der Waals surface area (Å²) in [5.74, 6) is 0. The van der Waals surface area contributed by atoms with Crippen molar-refractivity contribution in [2.75, 3.05) is 17.2 Å². The largest absolute Gasteiger partial charge is 0.444 e. The predicted octanol–water partition coefficient (Wildman–Crippen LogP) is 4.58. The average Bonchev–Trinajstić information content (AvgIpc) is 2.83. The van der Waals surface area contributed by atoms with E-state index in [1.807, 2.05) is 0 Å². The number of carbonyl (C=O) groups excluding carboxylic acids is 1. The Kier molecular flexibility index (Phi) is 5.38. The van der Waals surface area contributed by atoms with E-state index in [0.717, 1.165) is 44.2 Å². The van der Waals surface area contributed by atoms with Gasteiger partial charge in [-0.2, -0.15) is 13.2 Å². The normalized spacial score (nSPS) is 18.3. The minimum atomic E-state index is -4.51. The number of amides is 1. The highest BCUT2D eigenvalue weighted by molar-refractivity contribution is 5.90. The summed E-state index contributed by atoms with van der Waals surface area (Å²) in [7, 11) is 0. The Balaban J connectivity index is 2.07. The second-order valence-electron chi connectivity index (χ2n) is 5.78. The van der Waals surface area contributed by atoms with Gasteiger partial charge in [0.2, 0.25) is 0 Å². The number of rotatable bonds is 6. The molecule has 1 unspecified atom stereocenters. The molecule has 0 aliphatic carbocycles. The number of alkyl halides is 3. The van der Waals surface area contributed by atoms with Crippen molar-refractivity contribution in [3.8, 4) is 0 Å². The molecule has 0 bridgehead atoms. The van der Waals surface area contributed by atoms with Gasteiger partial charge < -0.3 is 10.5 Å². The highest BCUT2D eigenvalue weighted by atomic mass is 19.4. The van der Waals surface area contributed by atoms with E-state index >= 15 is 0 Å². The molecule has 2 N–H and O–H groups in total. The molecule has 128 valence electrons. The summed E-state index contributed by atoms with van der Waals surface area (Å²) in [6, 6.07) is 3.14. The molecule has 4 nitrogen and oxygen atoms in total. The summed E-state index contributed by atoms with van der Waals surface area (Å²) in [6.45, 7) is 2.36. The topological polar surface area (TPSA) is 55.6 Å². The molecular formula is C16H21F3N2O2. The van der Waals surface area contributed by atoms with Gasteiger partial charge in [0, 0.05) is 11.4 Å². The molecule has 1 aromatic carbocycles. The number of hydrogen-bond donors (Lipinski definition) is 1. The standard InChI is InChI=1S/C16H21F3N2O2/c1-2-3-4-5-6-14-10-21(15(22)23-14)13-8-11(16(17,18)19)7-12(20)9-13/h7-9,14H,2-6,10,20H2,1H3. The SMILES string of the molecule is CCCCCCC1CN(c2cc(N)cc(C(F)(F)F)c2)C(=O)O1. The maximum atomic E-state index is 12.9. The van der Waals surface area contributed by atoms with Gasteiger partial charge in [-0.25, -0.2) is 4.79 Å². The Bertz CT molecular complexity index is 561. The molecule has 1 aliphatic rings. The molecule has 0 saturated carbocycles. The molecule has 0 aromatic heterocycles. The number of nitrogens with zero attached hydrogens (tertiary/aromatic N) is 1. The third kappa shape index (κ3) is 4.53. The Morgan fingerprint density at radius 3 is 2.65 bits per heavy atom. The molecule has 23 heavy (non-hydrogen) atoms. The first kappa shape index (κ1) is 17.4. The third-order valence-corrected chi connectivity index (χ3v) is 3.83. The third-order valence-electron chi connectivity index (χ3n) is 3.83. The van der Waals surface area contributed by atoms with Gasteiger partial charge in [0.15, 0.2) is 0 Å². The monoisotopic (exact) mass is 330 g/mol. The zero-order valence-electron chi connectivity index (χ0n) is 13.0. The number of nitrogen functional groups attached to an aromatic ring is 1. The van der Waals surface area contributed by atoms with Gasteiger partial charge in [0.05, 0.1) is 12.1 Å². The van der Waals surface area contributed by atoms with E-state index in [-0.39, 0.29) is 24.0 Å². The number of halogens is 3. The minimum absolute atomic E-state index is 0.0333. The first-order chi connectivity index (χ1) is 10.8. The zero-order valence-corrected chi connectivity index (χ0v) is 13.0. The number of hydrogen-bond acceptors (Lipinski definition) is 3. The average molecular weight is 330 g/mol. The van der Waals surface area contributed by atoms with Gasteiger partial charge in [-0.1, -0.05) is 26.2 Å². The molecule has 1 aromatic rings. The molecule has 1 fully saturated rings. The molecule has 1 aliphatic heterocycles. The lowest BCUT2D eigenvalue weighted by molar-refractivity contribution is -0.137. The lowest BCUT2D eigenvalue weighted by Gasteiger charge is -2.16. The minimum Gasteiger partial charge on any atom is -0.444 e. The van der Waals surface area contributed by atoms with Crippen LogP contribution >= 0.6 is 0 Å². The van der Waals surface area contributed by atoms with Crippen LogP contribution in [0.5, 0.6) is 0 Å². The quantitative estimate of drug-likeness (QED) is 0.613. The number of nitrogens with two attached hydrogens (primary N) is 1. The van der Waals surface area contributed by atoms with Gasteiger partial charge in [-0.05, 0) is 31.0 Å². The van der Waals surface area contributed by atoms with E-state index in [2.05, 4.69) is 6.92 Å². The number of benzene rings is 1. The van der Waals surface area contributed by atoms with Gasteiger partial charge in [0.1, 0.15) is 6.10 Å². The molecule has 1 saturated heterocycles. The van der Waals surface area contributed by atoms with Crippen molar-refractivity contribution < 1.29 is 22.7 Å². The first-order valence-electron chi connectivity index (χ1n) is 7.77. The number of ether oxygens (including phenoxy) is 1. The molecular weight excluding hydrogens is 309 g/mol. The van der Waals surface area contributed by atoms with E-state index < -0.39 is 17.8 Å². The lowest BCUT2D eigenvalue weighted by Crippen LogP contribution is -2.25. The summed E-state index contributed by atoms with van der Waals surface area (Å²) in [4.78, 5) is 13.1. The maximum absolute atomic E-state index is 12.9. The Morgan fingerprint density at radius 2 is 2.00 bits per heavy atom. The van der Waals surface area contributed by atoms with Gasteiger partial charge in [0.25, 0.3) is 0 Å². The molecule has 1 atom stereocenters. The molecule has 0 radical (unpaired) electrons. The summed E-state index contributed by atoms with van der Waals surface area (Å²) >= 11 is 0. The maximum Gasteiger partial charge on any atom is 0.416 e. The fourth-order valence-electron chi connectivity index (χ4n) is 2.64. The van der Waals surface area contributed by atoms with Gasteiger partial charge in [-0.15, -0.1) is 0 Å². The summed E-state index contributed by atoms with van der Waals surface area (Å²) < 4.78 is 43.8. The second-order valence-corrected chi connectivity index (χ2v) is 5.78. The summed E-state index contributed by atoms with van der Waals surface area (Å²) in [5.41, 5.74) is 4.76. The second kappa shape index (κ2) is 7.10. The molecule has 0 spiro atoms. The predicted molar refractivity (Wildman–Crippen MR) is 82.2 cm³/mol. The van der Waals surface area contributed by atoms with Gasteiger partial charge in [-0.3, -0.25) is 4.90 Å². The van der Waals surface area contributed by atoms with Crippen LogP contribution in [0.1, 0.15) is 44.6 Å². The van der Waals surface area contributed by atoms with E-state index in [9.17, 15) is 18.0 Å². The number of anilines is 2. The number of unbranched alkanes of at least 4 members (excludes halogenated alkanes) is 3. The van der Waals surface area contributed by atoms with Crippen molar-refractivity contribution in [2.45, 2.75) is 51.3 Å². The fourth-order valence-corrected chi connectivity index (χ4v) is 2.64. The van der Waals surface area contributed by atoms with Crippen molar-refractivity contribution >= 4 is 17.5 Å². The zero-order chi connectivity index (χ0) is 17.0. The van der Waals surface area contributed by atoms with E-state index in [1.54, 1.807) is 0 Å². The highest BCUT2D eigenvalue weighted by Crippen LogP contribution is 2.35. The fraction of sp³-hybridized carbons (Fsp3) is 0.562. The lowest BCUT2D eigenvalue weighted by atomic mass is 10.1. The van der Waals surface area contributed by atoms with Crippen molar-refractivity contribution in [3.05, 3.63) is 23.8 Å². The molecule has 2 rings (SSSR count). The van der Waals surface area contributed by atoms with E-state index in [4.69, 9.17) is 10.5 Å². The van der Waals surface area contributed by atoms with Crippen LogP contribution < -0.4 is 10.6 Å². The molecule has 1 heterocycles. The number of cyclic esters (lactones) is 1. The number of carbonyl (C=O) groups is 1. The van der Waals surface area contributed by atoms with E-state index in [1.165, 1.54) is 11.0 Å². The Labute approximate surface area is 133 Å². The summed E-state index contributed by atoms with van der Waals surface area (Å²) in [6.07, 6.45) is -0.469. The van der Waals surface area contributed by atoms with Crippen LogP contribution in [-0.4, -0.2) is 18.7 Å². The smallest absolute Gasteiger partial charge is 0.416 e. The Morgan fingerprint density at radius 1 is 1.26 bits per heavy atom. The summed E-state index contributed by atoms with van der Waals surface area (Å²) in [5, 5.41) is 0. The van der Waals surface area contributed by atoms with Crippen molar-refractivity contribution in [1.29, 1.82) is 0 Å². The van der Waals surface area contributed by atoms with Crippen LogP contribution in [0.15, 0.2) is 18.2 Å². The van der Waals surface area contributed by atoms with Gasteiger partial charge >= 0.3 is 12.3 Å². The van der Waals surface area contributed by atoms with Crippen molar-refractivity contribution in [3.63, 3.8) is 0 Å². The molecule has 1 amide bonds. The van der Waals surface area contributed by atoms with E-state index in [0.29, 0.717) is 0 Å². The van der Waals surface area contributed by atoms with Crippen molar-refractivity contribution in [2.24, 2.45) is 0 Å². The van der Waals surface area contributed by atoms with Crippen LogP contribution in [0.2, 0.25) is 0 Å². The molecule has 7 heteroatoms.